The summed E-state index contributed by atoms with van der Waals surface area (Å²) in [6, 6.07) is 13.9. The third kappa shape index (κ3) is 17.0. The number of hydrogen-bond donors (Lipinski definition) is 0. The van der Waals surface area contributed by atoms with Crippen molar-refractivity contribution in [2.75, 3.05) is 13.2 Å². The van der Waals surface area contributed by atoms with Crippen LogP contribution in [0.15, 0.2) is 97.1 Å². The fourth-order valence-corrected chi connectivity index (χ4v) is 9.32. The van der Waals surface area contributed by atoms with Crippen LogP contribution in [0.1, 0.15) is 235 Å². The number of unbranched alkanes of at least 4 members (excludes halogenated alkanes) is 18. The molecule has 376 valence electrons. The minimum absolute atomic E-state index is 0.206. The fourth-order valence-electron chi connectivity index (χ4n) is 9.32. The Morgan fingerprint density at radius 2 is 0.783 bits per heavy atom. The van der Waals surface area contributed by atoms with Crippen LogP contribution in [0.3, 0.4) is 0 Å². The van der Waals surface area contributed by atoms with Gasteiger partial charge in [0.15, 0.2) is 6.29 Å². The Labute approximate surface area is 415 Å². The van der Waals surface area contributed by atoms with Gasteiger partial charge in [-0.2, -0.15) is 0 Å². The zero-order chi connectivity index (χ0) is 49.0. The smallest absolute Gasteiger partial charge is 0.262 e. The second-order valence-corrected chi connectivity index (χ2v) is 19.5. The lowest BCUT2D eigenvalue weighted by Crippen LogP contribution is -2.51. The van der Waals surface area contributed by atoms with Crippen molar-refractivity contribution >= 4 is 29.9 Å². The Hall–Kier alpha value is -4.73. The van der Waals surface area contributed by atoms with Gasteiger partial charge in [-0.3, -0.25) is 29.0 Å². The SMILES string of the molecule is CCCCC/C=C\C/C=C\CCCCCCCCOC(OCCCCCCCC/C=C\C/C=C\CCCCC)C1(N2C(=O)c3ccccc3C2=O)CC1.O=CC1(N2C(=O)c3ccccc3C2=O)CC1. The van der Waals surface area contributed by atoms with Gasteiger partial charge < -0.3 is 14.3 Å². The molecule has 9 nitrogen and oxygen atoms in total. The minimum Gasteiger partial charge on any atom is -0.350 e. The number of hydrogen-bond acceptors (Lipinski definition) is 7. The van der Waals surface area contributed by atoms with Crippen LogP contribution in [0.5, 0.6) is 0 Å². The van der Waals surface area contributed by atoms with Crippen LogP contribution >= 0.6 is 0 Å². The van der Waals surface area contributed by atoms with E-state index in [0.717, 1.165) is 56.3 Å². The van der Waals surface area contributed by atoms with Crippen LogP contribution in [0, 0.1) is 0 Å². The molecule has 0 radical (unpaired) electrons. The van der Waals surface area contributed by atoms with Gasteiger partial charge in [-0.05, 0) is 127 Å². The second kappa shape index (κ2) is 30.8. The molecule has 0 bridgehead atoms. The largest absolute Gasteiger partial charge is 0.350 e. The number of benzene rings is 2. The quantitative estimate of drug-likeness (QED) is 0.0220. The van der Waals surface area contributed by atoms with E-state index >= 15 is 0 Å². The van der Waals surface area contributed by atoms with Crippen LogP contribution in [-0.2, 0) is 14.3 Å². The number of fused-ring (bicyclic) bond motifs is 2. The number of amides is 4. The Morgan fingerprint density at radius 1 is 0.449 bits per heavy atom. The number of carbonyl (C=O) groups excluding carboxylic acids is 5. The topological polar surface area (TPSA) is 110 Å². The molecule has 2 aliphatic carbocycles. The lowest BCUT2D eigenvalue weighted by atomic mass is 10.1. The molecule has 0 spiro atoms. The molecular formula is C60H84N2O7. The zero-order valence-electron chi connectivity index (χ0n) is 42.4. The second-order valence-electron chi connectivity index (χ2n) is 19.5. The van der Waals surface area contributed by atoms with Crippen molar-refractivity contribution < 1.29 is 33.4 Å². The molecule has 6 rings (SSSR count). The van der Waals surface area contributed by atoms with Crippen LogP contribution in [0.4, 0.5) is 0 Å². The summed E-state index contributed by atoms with van der Waals surface area (Å²) in [4.78, 5) is 64.4. The Bertz CT molecular complexity index is 1900. The molecule has 0 N–H and O–H groups in total. The van der Waals surface area contributed by atoms with E-state index in [4.69, 9.17) is 9.47 Å². The van der Waals surface area contributed by atoms with E-state index < -0.39 is 17.4 Å². The maximum absolute atomic E-state index is 13.4. The maximum Gasteiger partial charge on any atom is 0.262 e. The highest BCUT2D eigenvalue weighted by Gasteiger charge is 2.62. The van der Waals surface area contributed by atoms with Gasteiger partial charge in [-0.25, -0.2) is 0 Å². The number of carbonyl (C=O) groups is 5. The van der Waals surface area contributed by atoms with Gasteiger partial charge in [0.1, 0.15) is 17.4 Å². The van der Waals surface area contributed by atoms with Crippen LogP contribution in [0.2, 0.25) is 0 Å². The number of ether oxygens (including phenoxy) is 2. The van der Waals surface area contributed by atoms with Gasteiger partial charge in [0.25, 0.3) is 23.6 Å². The molecule has 69 heavy (non-hydrogen) atoms. The van der Waals surface area contributed by atoms with E-state index in [9.17, 15) is 24.0 Å². The number of allylic oxidation sites excluding steroid dienone is 8. The van der Waals surface area contributed by atoms with Crippen molar-refractivity contribution in [3.63, 3.8) is 0 Å². The molecule has 0 aromatic heterocycles. The Balaban J connectivity index is 0.000000460. The summed E-state index contributed by atoms with van der Waals surface area (Å²) in [6.07, 6.45) is 50.2. The highest BCUT2D eigenvalue weighted by molar-refractivity contribution is 6.23. The van der Waals surface area contributed by atoms with Crippen LogP contribution < -0.4 is 0 Å². The van der Waals surface area contributed by atoms with Crippen LogP contribution in [-0.4, -0.2) is 70.3 Å². The lowest BCUT2D eigenvalue weighted by molar-refractivity contribution is -0.179. The van der Waals surface area contributed by atoms with Gasteiger partial charge in [0, 0.05) is 13.2 Å². The Kier molecular flexibility index (Phi) is 24.6. The van der Waals surface area contributed by atoms with E-state index in [1.807, 2.05) is 12.1 Å². The normalized spacial score (nSPS) is 16.7. The van der Waals surface area contributed by atoms with Crippen molar-refractivity contribution in [3.8, 4) is 0 Å². The first-order valence-electron chi connectivity index (χ1n) is 27.1. The summed E-state index contributed by atoms with van der Waals surface area (Å²) >= 11 is 0. The van der Waals surface area contributed by atoms with Gasteiger partial charge in [-0.1, -0.05) is 164 Å². The summed E-state index contributed by atoms with van der Waals surface area (Å²) in [6.45, 7) is 5.69. The third-order valence-electron chi connectivity index (χ3n) is 13.9. The first kappa shape index (κ1) is 55.2. The van der Waals surface area contributed by atoms with E-state index in [1.54, 1.807) is 36.4 Å². The van der Waals surface area contributed by atoms with E-state index in [0.29, 0.717) is 54.6 Å². The molecule has 0 saturated heterocycles. The van der Waals surface area contributed by atoms with Gasteiger partial charge in [-0.15, -0.1) is 0 Å². The van der Waals surface area contributed by atoms with Crippen LogP contribution in [0.25, 0.3) is 0 Å². The molecule has 2 fully saturated rings. The van der Waals surface area contributed by atoms with E-state index in [1.165, 1.54) is 120 Å². The monoisotopic (exact) mass is 945 g/mol. The maximum atomic E-state index is 13.4. The number of aldehydes is 1. The van der Waals surface area contributed by atoms with Crippen molar-refractivity contribution in [1.82, 2.24) is 9.80 Å². The molecule has 2 saturated carbocycles. The fraction of sp³-hybridized carbons (Fsp3) is 0.583. The van der Waals surface area contributed by atoms with Crippen molar-refractivity contribution in [2.45, 2.75) is 211 Å². The third-order valence-corrected chi connectivity index (χ3v) is 13.9. The molecule has 2 aromatic carbocycles. The average Bonchev–Trinajstić information content (AvgIpc) is 4.30. The summed E-state index contributed by atoms with van der Waals surface area (Å²) < 4.78 is 12.9. The molecule has 2 aromatic rings. The van der Waals surface area contributed by atoms with E-state index in [-0.39, 0.29) is 23.6 Å². The van der Waals surface area contributed by atoms with Crippen molar-refractivity contribution in [3.05, 3.63) is 119 Å². The molecule has 2 aliphatic heterocycles. The summed E-state index contributed by atoms with van der Waals surface area (Å²) in [7, 11) is 0. The molecular weight excluding hydrogens is 861 g/mol. The first-order chi connectivity index (χ1) is 33.8. The highest BCUT2D eigenvalue weighted by Crippen LogP contribution is 2.50. The molecule has 4 aliphatic rings. The number of nitrogens with zero attached hydrogens (tertiary/aromatic N) is 2. The summed E-state index contributed by atoms with van der Waals surface area (Å²) in [5.74, 6) is -1.10. The zero-order valence-corrected chi connectivity index (χ0v) is 42.4. The predicted octanol–water partition coefficient (Wildman–Crippen LogP) is 14.8. The molecule has 9 heteroatoms. The molecule has 4 amide bonds. The standard InChI is InChI=1S/C48H75NO4.C12H9NO3/c1-3-5-7-9-11-13-15-17-19-21-23-25-27-29-31-35-41-52-47(48(39-40-48)49-45(50)43-37-33-34-38-44(43)46(49)51)53-42-36-32-30-28-26-24-22-20-18-16-14-12-10-8-6-4-2;14-7-12(5-6-12)13-10(15)8-3-1-2-4-9(8)11(13)16/h11-14,17-20,33-34,37-38,47H,3-10,15-16,21-32,35-36,39-42H2,1-2H3;1-4,7H,5-6H2/b13-11-,14-12-,19-17-,20-18-;. The predicted molar refractivity (Wildman–Crippen MR) is 278 cm³/mol. The first-order valence-corrected chi connectivity index (χ1v) is 27.1. The van der Waals surface area contributed by atoms with Gasteiger partial charge in [0.05, 0.1) is 22.3 Å². The van der Waals surface area contributed by atoms with Crippen molar-refractivity contribution in [2.24, 2.45) is 0 Å². The highest BCUT2D eigenvalue weighted by atomic mass is 16.7. The summed E-state index contributed by atoms with van der Waals surface area (Å²) in [5.41, 5.74) is 0.258. The Morgan fingerprint density at radius 3 is 1.12 bits per heavy atom. The molecule has 0 unspecified atom stereocenters. The minimum atomic E-state index is -0.854. The number of imide groups is 2. The van der Waals surface area contributed by atoms with E-state index in [2.05, 4.69) is 62.5 Å². The molecule has 0 atom stereocenters. The van der Waals surface area contributed by atoms with Gasteiger partial charge >= 0.3 is 0 Å². The average molecular weight is 945 g/mol. The number of rotatable bonds is 36. The molecule has 2 heterocycles. The van der Waals surface area contributed by atoms with Gasteiger partial charge in [0.2, 0.25) is 0 Å². The van der Waals surface area contributed by atoms with Crippen molar-refractivity contribution in [1.29, 1.82) is 0 Å². The lowest BCUT2D eigenvalue weighted by Gasteiger charge is -2.33. The summed E-state index contributed by atoms with van der Waals surface area (Å²) in [5, 5.41) is 0.